The van der Waals surface area contributed by atoms with E-state index in [1.54, 1.807) is 0 Å². The molecule has 0 saturated carbocycles. The molecule has 2 heteroatoms. The summed E-state index contributed by atoms with van der Waals surface area (Å²) < 4.78 is 0. The van der Waals surface area contributed by atoms with Gasteiger partial charge in [-0.05, 0) is 31.1 Å². The molecular formula is C24H52O2. The first-order chi connectivity index (χ1) is 12.7. The van der Waals surface area contributed by atoms with Gasteiger partial charge in [0.25, 0.3) is 0 Å². The molecular weight excluding hydrogens is 320 g/mol. The van der Waals surface area contributed by atoms with Crippen molar-refractivity contribution in [3.05, 3.63) is 0 Å². The largest absolute Gasteiger partial charge is 0.396 e. The number of hydrogen-bond acceptors (Lipinski definition) is 2. The predicted molar refractivity (Wildman–Crippen MR) is 118 cm³/mol. The number of aliphatic hydroxyl groups is 2. The highest BCUT2D eigenvalue weighted by Gasteiger charge is 2.04. The molecule has 0 saturated heterocycles. The quantitative estimate of drug-likeness (QED) is 0.244. The van der Waals surface area contributed by atoms with E-state index in [9.17, 15) is 0 Å². The lowest BCUT2D eigenvalue weighted by Crippen LogP contribution is -2.05. The summed E-state index contributed by atoms with van der Waals surface area (Å²) in [7, 11) is 0. The molecule has 0 aromatic rings. The highest BCUT2D eigenvalue weighted by Crippen LogP contribution is 2.15. The summed E-state index contributed by atoms with van der Waals surface area (Å²) in [6.07, 6.45) is 21.2. The van der Waals surface area contributed by atoms with E-state index in [0.29, 0.717) is 25.0 Å². The number of aliphatic hydroxyl groups excluding tert-OH is 2. The van der Waals surface area contributed by atoms with Gasteiger partial charge in [0.15, 0.2) is 0 Å². The van der Waals surface area contributed by atoms with E-state index in [4.69, 9.17) is 10.2 Å². The molecule has 2 unspecified atom stereocenters. The van der Waals surface area contributed by atoms with Gasteiger partial charge in [-0.15, -0.1) is 0 Å². The number of hydrogen-bond donors (Lipinski definition) is 2. The fourth-order valence-electron chi connectivity index (χ4n) is 3.31. The average molecular weight is 373 g/mol. The van der Waals surface area contributed by atoms with Crippen molar-refractivity contribution >= 4 is 0 Å². The van der Waals surface area contributed by atoms with E-state index in [1.165, 1.54) is 103 Å². The number of rotatable bonds is 18. The summed E-state index contributed by atoms with van der Waals surface area (Å²) in [5.41, 5.74) is 0. The van der Waals surface area contributed by atoms with E-state index in [1.807, 2.05) is 0 Å². The van der Waals surface area contributed by atoms with E-state index in [2.05, 4.69) is 27.7 Å². The van der Waals surface area contributed by atoms with E-state index < -0.39 is 0 Å². The van der Waals surface area contributed by atoms with Gasteiger partial charge in [0.1, 0.15) is 0 Å². The summed E-state index contributed by atoms with van der Waals surface area (Å²) in [5.74, 6) is 1.09. The summed E-state index contributed by atoms with van der Waals surface area (Å²) >= 11 is 0. The Labute approximate surface area is 166 Å². The molecule has 0 spiro atoms. The maximum atomic E-state index is 9.06. The van der Waals surface area contributed by atoms with Crippen molar-refractivity contribution < 1.29 is 10.2 Å². The zero-order valence-electron chi connectivity index (χ0n) is 18.8. The highest BCUT2D eigenvalue weighted by atomic mass is 16.3. The van der Waals surface area contributed by atoms with Crippen molar-refractivity contribution in [1.82, 2.24) is 0 Å². The molecule has 0 amide bonds. The van der Waals surface area contributed by atoms with Crippen LogP contribution in [0.15, 0.2) is 0 Å². The molecule has 2 nitrogen and oxygen atoms in total. The molecule has 0 bridgehead atoms. The topological polar surface area (TPSA) is 40.5 Å². The first-order valence-electron chi connectivity index (χ1n) is 11.9. The molecule has 0 aliphatic heterocycles. The third-order valence-electron chi connectivity index (χ3n) is 5.28. The molecule has 2 atom stereocenters. The first kappa shape index (κ1) is 28.1. The normalized spacial score (nSPS) is 13.2. The van der Waals surface area contributed by atoms with Crippen LogP contribution in [-0.2, 0) is 0 Å². The lowest BCUT2D eigenvalue weighted by atomic mass is 9.97. The molecule has 0 rings (SSSR count). The maximum Gasteiger partial charge on any atom is 0.0459 e. The Kier molecular flexibility index (Phi) is 27.0. The van der Waals surface area contributed by atoms with E-state index in [-0.39, 0.29) is 0 Å². The first-order valence-corrected chi connectivity index (χ1v) is 11.9. The lowest BCUT2D eigenvalue weighted by Gasteiger charge is -2.11. The van der Waals surface area contributed by atoms with Gasteiger partial charge in [-0.2, -0.15) is 0 Å². The van der Waals surface area contributed by atoms with Crippen molar-refractivity contribution in [2.45, 2.75) is 130 Å². The van der Waals surface area contributed by atoms with Crippen LogP contribution >= 0.6 is 0 Å². The van der Waals surface area contributed by atoms with Crippen LogP contribution in [0, 0.1) is 11.8 Å². The van der Waals surface area contributed by atoms with Crippen molar-refractivity contribution in [3.63, 3.8) is 0 Å². The summed E-state index contributed by atoms with van der Waals surface area (Å²) in [6.45, 7) is 9.56. The highest BCUT2D eigenvalue weighted by molar-refractivity contribution is 4.57. The van der Waals surface area contributed by atoms with Gasteiger partial charge in [-0.3, -0.25) is 0 Å². The summed E-state index contributed by atoms with van der Waals surface area (Å²) in [6, 6.07) is 0. The van der Waals surface area contributed by atoms with Crippen LogP contribution in [0.5, 0.6) is 0 Å². The second-order valence-corrected chi connectivity index (χ2v) is 8.24. The van der Waals surface area contributed by atoms with E-state index >= 15 is 0 Å². The molecule has 0 aromatic heterocycles. The Morgan fingerprint density at radius 1 is 0.500 bits per heavy atom. The standard InChI is InChI=1S/2C12H26O/c1-3-4-5-6-7-8-9-10-12(2)11-13;1-3-5-6-7-8-10-12(11-13)9-4-2/h2*12-13H,3-11H2,1-2H3. The summed E-state index contributed by atoms with van der Waals surface area (Å²) in [5, 5.41) is 17.9. The van der Waals surface area contributed by atoms with Gasteiger partial charge in [0, 0.05) is 13.2 Å². The summed E-state index contributed by atoms with van der Waals surface area (Å²) in [4.78, 5) is 0. The molecule has 0 aromatic carbocycles. The van der Waals surface area contributed by atoms with Crippen LogP contribution < -0.4 is 0 Å². The van der Waals surface area contributed by atoms with Gasteiger partial charge in [-0.25, -0.2) is 0 Å². The smallest absolute Gasteiger partial charge is 0.0459 e. The van der Waals surface area contributed by atoms with Crippen LogP contribution in [-0.4, -0.2) is 23.4 Å². The van der Waals surface area contributed by atoms with E-state index in [0.717, 1.165) is 0 Å². The van der Waals surface area contributed by atoms with Crippen LogP contribution in [0.4, 0.5) is 0 Å². The Morgan fingerprint density at radius 3 is 1.38 bits per heavy atom. The molecule has 0 heterocycles. The maximum absolute atomic E-state index is 9.06. The molecule has 0 radical (unpaired) electrons. The zero-order valence-corrected chi connectivity index (χ0v) is 18.8. The second kappa shape index (κ2) is 24.9. The van der Waals surface area contributed by atoms with Crippen LogP contribution in [0.25, 0.3) is 0 Å². The predicted octanol–water partition coefficient (Wildman–Crippen LogP) is 7.51. The molecule has 160 valence electrons. The fraction of sp³-hybridized carbons (Fsp3) is 1.00. The fourth-order valence-corrected chi connectivity index (χ4v) is 3.31. The van der Waals surface area contributed by atoms with Crippen molar-refractivity contribution in [3.8, 4) is 0 Å². The van der Waals surface area contributed by atoms with Gasteiger partial charge in [0.2, 0.25) is 0 Å². The zero-order chi connectivity index (χ0) is 19.9. The van der Waals surface area contributed by atoms with Crippen LogP contribution in [0.1, 0.15) is 130 Å². The molecule has 2 N–H and O–H groups in total. The van der Waals surface area contributed by atoms with Gasteiger partial charge in [-0.1, -0.05) is 111 Å². The second-order valence-electron chi connectivity index (χ2n) is 8.24. The molecule has 0 aliphatic rings. The van der Waals surface area contributed by atoms with Crippen molar-refractivity contribution in [2.75, 3.05) is 13.2 Å². The van der Waals surface area contributed by atoms with Crippen molar-refractivity contribution in [1.29, 1.82) is 0 Å². The molecule has 0 aliphatic carbocycles. The minimum Gasteiger partial charge on any atom is -0.396 e. The number of unbranched alkanes of at least 4 members (excludes halogenated alkanes) is 10. The monoisotopic (exact) mass is 372 g/mol. The Bertz CT molecular complexity index is 230. The average Bonchev–Trinajstić information content (AvgIpc) is 2.66. The minimum atomic E-state index is 0.357. The third kappa shape index (κ3) is 23.9. The van der Waals surface area contributed by atoms with Gasteiger partial charge < -0.3 is 10.2 Å². The van der Waals surface area contributed by atoms with Crippen LogP contribution in [0.3, 0.4) is 0 Å². The lowest BCUT2D eigenvalue weighted by molar-refractivity contribution is 0.206. The SMILES string of the molecule is CCCCCCCC(CO)CCC.CCCCCCCCCC(C)CO. The molecule has 0 fully saturated rings. The Hall–Kier alpha value is -0.0800. The third-order valence-corrected chi connectivity index (χ3v) is 5.28. The Morgan fingerprint density at radius 2 is 0.962 bits per heavy atom. The molecule has 26 heavy (non-hydrogen) atoms. The minimum absolute atomic E-state index is 0.357. The van der Waals surface area contributed by atoms with Crippen LogP contribution in [0.2, 0.25) is 0 Å². The Balaban J connectivity index is 0. The van der Waals surface area contributed by atoms with Crippen molar-refractivity contribution in [2.24, 2.45) is 11.8 Å². The van der Waals surface area contributed by atoms with Gasteiger partial charge >= 0.3 is 0 Å². The van der Waals surface area contributed by atoms with Gasteiger partial charge in [0.05, 0.1) is 0 Å².